The largest absolute Gasteiger partial charge is 0.507 e. The molecule has 0 aliphatic carbocycles. The summed E-state index contributed by atoms with van der Waals surface area (Å²) in [6.45, 7) is 3.60. The van der Waals surface area contributed by atoms with Crippen LogP contribution in [0.2, 0.25) is 0 Å². The van der Waals surface area contributed by atoms with E-state index in [2.05, 4.69) is 11.9 Å². The molecule has 1 atom stereocenters. The number of carbonyl (C=O) groups is 2. The van der Waals surface area contributed by atoms with E-state index in [1.165, 1.54) is 17.3 Å². The number of hydrogen-bond acceptors (Lipinski definition) is 7. The van der Waals surface area contributed by atoms with Gasteiger partial charge in [-0.3, -0.25) is 14.6 Å². The SMILES string of the molecule is CCCCCOc1ccc(C2C(=C(O)c3ccncc3)C(=O)C(=O)N2CCN(C)C)cc1OC. The molecule has 1 fully saturated rings. The van der Waals surface area contributed by atoms with Crippen molar-refractivity contribution >= 4 is 17.4 Å². The van der Waals surface area contributed by atoms with E-state index in [1.807, 2.05) is 25.1 Å². The molecule has 0 saturated carbocycles. The third kappa shape index (κ3) is 5.56. The summed E-state index contributed by atoms with van der Waals surface area (Å²) in [5, 5.41) is 11.1. The van der Waals surface area contributed by atoms with Gasteiger partial charge in [0.25, 0.3) is 11.7 Å². The standard InChI is InChI=1S/C26H33N3O5/c1-5-6-7-16-34-20-9-8-19(17-21(20)33-4)23-22(24(30)18-10-12-27-13-11-18)25(31)26(32)29(23)15-14-28(2)3/h8-13,17,23,30H,5-7,14-16H2,1-4H3. The third-order valence-corrected chi connectivity index (χ3v) is 5.79. The Bertz CT molecular complexity index is 1040. The van der Waals surface area contributed by atoms with E-state index in [0.29, 0.717) is 42.3 Å². The van der Waals surface area contributed by atoms with Crippen LogP contribution in [0, 0.1) is 0 Å². The zero-order valence-electron chi connectivity index (χ0n) is 20.3. The van der Waals surface area contributed by atoms with Crippen LogP contribution in [-0.2, 0) is 9.59 Å². The summed E-state index contributed by atoms with van der Waals surface area (Å²) in [5.74, 6) is -0.465. The highest BCUT2D eigenvalue weighted by molar-refractivity contribution is 6.46. The van der Waals surface area contributed by atoms with Gasteiger partial charge in [0.05, 0.1) is 25.3 Å². The summed E-state index contributed by atoms with van der Waals surface area (Å²) in [4.78, 5) is 33.5. The van der Waals surface area contributed by atoms with Crippen molar-refractivity contribution < 1.29 is 24.2 Å². The highest BCUT2D eigenvalue weighted by Gasteiger charge is 2.46. The molecule has 1 saturated heterocycles. The van der Waals surface area contributed by atoms with Crippen LogP contribution in [0.5, 0.6) is 11.5 Å². The Morgan fingerprint density at radius 3 is 2.50 bits per heavy atom. The van der Waals surface area contributed by atoms with Gasteiger partial charge in [0.15, 0.2) is 11.5 Å². The Labute approximate surface area is 200 Å². The average Bonchev–Trinajstić information content (AvgIpc) is 3.10. The number of aromatic nitrogens is 1. The molecule has 1 unspecified atom stereocenters. The Balaban J connectivity index is 2.05. The number of unbranched alkanes of at least 4 members (excludes halogenated alkanes) is 2. The number of pyridine rings is 1. The number of likely N-dealkylation sites (N-methyl/N-ethyl adjacent to an activating group) is 1. The second-order valence-corrected chi connectivity index (χ2v) is 8.50. The maximum absolute atomic E-state index is 13.1. The number of amides is 1. The minimum Gasteiger partial charge on any atom is -0.507 e. The zero-order chi connectivity index (χ0) is 24.7. The first-order valence-electron chi connectivity index (χ1n) is 11.5. The molecule has 0 bridgehead atoms. The van der Waals surface area contributed by atoms with Gasteiger partial charge in [-0.1, -0.05) is 25.8 Å². The van der Waals surface area contributed by atoms with Gasteiger partial charge < -0.3 is 24.4 Å². The number of nitrogens with zero attached hydrogens (tertiary/aromatic N) is 3. The summed E-state index contributed by atoms with van der Waals surface area (Å²) >= 11 is 0. The molecule has 182 valence electrons. The van der Waals surface area contributed by atoms with Crippen LogP contribution in [0.15, 0.2) is 48.3 Å². The quantitative estimate of drug-likeness (QED) is 0.233. The lowest BCUT2D eigenvalue weighted by Crippen LogP contribution is -2.35. The van der Waals surface area contributed by atoms with Crippen LogP contribution >= 0.6 is 0 Å². The maximum atomic E-state index is 13.1. The fraction of sp³-hybridized carbons (Fsp3) is 0.423. The molecule has 1 amide bonds. The van der Waals surface area contributed by atoms with Crippen LogP contribution < -0.4 is 9.47 Å². The zero-order valence-corrected chi connectivity index (χ0v) is 20.3. The predicted octanol–water partition coefficient (Wildman–Crippen LogP) is 3.64. The van der Waals surface area contributed by atoms with Crippen LogP contribution in [0.1, 0.15) is 43.4 Å². The highest BCUT2D eigenvalue weighted by atomic mass is 16.5. The number of likely N-dealkylation sites (tertiary alicyclic amines) is 1. The number of benzene rings is 1. The van der Waals surface area contributed by atoms with Crippen molar-refractivity contribution in [2.45, 2.75) is 32.2 Å². The Hall–Kier alpha value is -3.39. The fourth-order valence-electron chi connectivity index (χ4n) is 3.94. The number of hydrogen-bond donors (Lipinski definition) is 1. The number of ether oxygens (including phenoxy) is 2. The maximum Gasteiger partial charge on any atom is 0.295 e. The molecule has 1 aromatic heterocycles. The topological polar surface area (TPSA) is 92.2 Å². The van der Waals surface area contributed by atoms with Gasteiger partial charge in [0.1, 0.15) is 5.76 Å². The average molecular weight is 468 g/mol. The van der Waals surface area contributed by atoms with Crippen molar-refractivity contribution in [3.8, 4) is 11.5 Å². The summed E-state index contributed by atoms with van der Waals surface area (Å²) in [6.07, 6.45) is 6.18. The number of aliphatic hydroxyl groups excluding tert-OH is 1. The molecule has 1 N–H and O–H groups in total. The molecule has 8 heteroatoms. The first kappa shape index (κ1) is 25.2. The van der Waals surface area contributed by atoms with Crippen molar-refractivity contribution in [3.05, 3.63) is 59.4 Å². The summed E-state index contributed by atoms with van der Waals surface area (Å²) in [5.41, 5.74) is 1.13. The normalized spacial score (nSPS) is 17.4. The monoisotopic (exact) mass is 467 g/mol. The molecular weight excluding hydrogens is 434 g/mol. The first-order chi connectivity index (χ1) is 16.4. The van der Waals surface area contributed by atoms with Crippen molar-refractivity contribution in [3.63, 3.8) is 0 Å². The van der Waals surface area contributed by atoms with Gasteiger partial charge in [-0.15, -0.1) is 0 Å². The lowest BCUT2D eigenvalue weighted by atomic mass is 9.95. The fourth-order valence-corrected chi connectivity index (χ4v) is 3.94. The highest BCUT2D eigenvalue weighted by Crippen LogP contribution is 2.41. The molecule has 0 spiro atoms. The van der Waals surface area contributed by atoms with E-state index >= 15 is 0 Å². The van der Waals surface area contributed by atoms with E-state index < -0.39 is 17.7 Å². The van der Waals surface area contributed by atoms with Gasteiger partial charge in [-0.2, -0.15) is 0 Å². The van der Waals surface area contributed by atoms with Gasteiger partial charge in [0, 0.05) is 31.0 Å². The minimum atomic E-state index is -0.754. The van der Waals surface area contributed by atoms with Gasteiger partial charge >= 0.3 is 0 Å². The molecule has 2 aromatic rings. The van der Waals surface area contributed by atoms with Gasteiger partial charge in [0.2, 0.25) is 0 Å². The van der Waals surface area contributed by atoms with Crippen LogP contribution in [0.25, 0.3) is 5.76 Å². The van der Waals surface area contributed by atoms with E-state index in [0.717, 1.165) is 19.3 Å². The number of carbonyl (C=O) groups excluding carboxylic acids is 2. The van der Waals surface area contributed by atoms with Crippen molar-refractivity contribution in [1.82, 2.24) is 14.8 Å². The molecule has 1 aromatic carbocycles. The van der Waals surface area contributed by atoms with E-state index in [9.17, 15) is 14.7 Å². The summed E-state index contributed by atoms with van der Waals surface area (Å²) in [6, 6.07) is 7.83. The number of aliphatic hydroxyl groups is 1. The molecule has 1 aliphatic heterocycles. The number of rotatable bonds is 11. The van der Waals surface area contributed by atoms with E-state index in [1.54, 1.807) is 31.4 Å². The number of methoxy groups -OCH3 is 1. The van der Waals surface area contributed by atoms with Gasteiger partial charge in [-0.25, -0.2) is 0 Å². The first-order valence-corrected chi connectivity index (χ1v) is 11.5. The van der Waals surface area contributed by atoms with Crippen LogP contribution in [0.3, 0.4) is 0 Å². The van der Waals surface area contributed by atoms with E-state index in [4.69, 9.17) is 9.47 Å². The summed E-state index contributed by atoms with van der Waals surface area (Å²) in [7, 11) is 5.35. The Morgan fingerprint density at radius 1 is 1.12 bits per heavy atom. The van der Waals surface area contributed by atoms with Crippen molar-refractivity contribution in [2.75, 3.05) is 40.9 Å². The minimum absolute atomic E-state index is 0.0497. The molecule has 0 radical (unpaired) electrons. The van der Waals surface area contributed by atoms with Crippen LogP contribution in [0.4, 0.5) is 0 Å². The lowest BCUT2D eigenvalue weighted by Gasteiger charge is -2.27. The number of ketones is 1. The smallest absolute Gasteiger partial charge is 0.295 e. The molecule has 1 aliphatic rings. The molecule has 34 heavy (non-hydrogen) atoms. The molecule has 3 rings (SSSR count). The van der Waals surface area contributed by atoms with Crippen LogP contribution in [-0.4, -0.2) is 72.5 Å². The Morgan fingerprint density at radius 2 is 1.85 bits per heavy atom. The lowest BCUT2D eigenvalue weighted by molar-refractivity contribution is -0.140. The number of Topliss-reactive ketones (excluding diaryl/α,β-unsaturated/α-hetero) is 1. The predicted molar refractivity (Wildman–Crippen MR) is 130 cm³/mol. The third-order valence-electron chi connectivity index (χ3n) is 5.79. The van der Waals surface area contributed by atoms with Gasteiger partial charge in [-0.05, 0) is 50.3 Å². The van der Waals surface area contributed by atoms with Crippen molar-refractivity contribution in [2.24, 2.45) is 0 Å². The summed E-state index contributed by atoms with van der Waals surface area (Å²) < 4.78 is 11.5. The molecule has 8 nitrogen and oxygen atoms in total. The Kier molecular flexibility index (Phi) is 8.65. The second kappa shape index (κ2) is 11.7. The second-order valence-electron chi connectivity index (χ2n) is 8.50. The van der Waals surface area contributed by atoms with Crippen molar-refractivity contribution in [1.29, 1.82) is 0 Å². The van der Waals surface area contributed by atoms with E-state index in [-0.39, 0.29) is 11.3 Å². The molecule has 2 heterocycles. The molecular formula is C26H33N3O5.